The molecule has 0 unspecified atom stereocenters. The fourth-order valence-corrected chi connectivity index (χ4v) is 2.39. The number of nitrogens with two attached hydrogens (primary N) is 1. The number of nitrogens with one attached hydrogen (secondary N) is 1. The predicted octanol–water partition coefficient (Wildman–Crippen LogP) is 2.33. The maximum Gasteiger partial charge on any atom is 0.126 e. The number of nitrogen functional groups attached to an aromatic ring is 1. The van der Waals surface area contributed by atoms with Crippen LogP contribution in [0.2, 0.25) is 0 Å². The van der Waals surface area contributed by atoms with Crippen LogP contribution in [0.15, 0.2) is 12.3 Å². The zero-order valence-corrected chi connectivity index (χ0v) is 11.2. The van der Waals surface area contributed by atoms with E-state index >= 15 is 0 Å². The van der Waals surface area contributed by atoms with Crippen molar-refractivity contribution in [2.45, 2.75) is 45.1 Å². The lowest BCUT2D eigenvalue weighted by atomic mass is 9.79. The summed E-state index contributed by atoms with van der Waals surface area (Å²) >= 11 is 0. The van der Waals surface area contributed by atoms with Crippen molar-refractivity contribution in [1.82, 2.24) is 4.98 Å². The van der Waals surface area contributed by atoms with Crippen LogP contribution < -0.4 is 11.1 Å². The molecule has 2 rings (SSSR count). The summed E-state index contributed by atoms with van der Waals surface area (Å²) in [4.78, 5) is 4.22. The number of anilines is 2. The van der Waals surface area contributed by atoms with E-state index in [0.717, 1.165) is 43.0 Å². The van der Waals surface area contributed by atoms with Crippen LogP contribution in [-0.4, -0.2) is 22.2 Å². The topological polar surface area (TPSA) is 71.2 Å². The van der Waals surface area contributed by atoms with Crippen molar-refractivity contribution >= 4 is 11.5 Å². The number of aliphatic hydroxyl groups is 1. The van der Waals surface area contributed by atoms with Crippen LogP contribution in [0, 0.1) is 12.8 Å². The lowest BCUT2D eigenvalue weighted by molar-refractivity contribution is 0.00495. The molecule has 1 heterocycles. The SMILES string of the molecule is Cc1cc(NCC2(O)CCC(C)CC2)ncc1N. The third kappa shape index (κ3) is 3.13. The second-order valence-corrected chi connectivity index (χ2v) is 5.69. The highest BCUT2D eigenvalue weighted by Crippen LogP contribution is 2.31. The summed E-state index contributed by atoms with van der Waals surface area (Å²) in [6.07, 6.45) is 5.60. The molecule has 0 spiro atoms. The average molecular weight is 249 g/mol. The zero-order valence-electron chi connectivity index (χ0n) is 11.2. The van der Waals surface area contributed by atoms with E-state index in [1.54, 1.807) is 6.20 Å². The van der Waals surface area contributed by atoms with Gasteiger partial charge in [-0.15, -0.1) is 0 Å². The number of aryl methyl sites for hydroxylation is 1. The molecule has 1 aromatic heterocycles. The highest BCUT2D eigenvalue weighted by atomic mass is 16.3. The summed E-state index contributed by atoms with van der Waals surface area (Å²) in [6.45, 7) is 4.77. The molecule has 0 saturated heterocycles. The van der Waals surface area contributed by atoms with Gasteiger partial charge in [-0.25, -0.2) is 4.98 Å². The summed E-state index contributed by atoms with van der Waals surface area (Å²) < 4.78 is 0. The summed E-state index contributed by atoms with van der Waals surface area (Å²) in [5.41, 5.74) is 6.86. The molecule has 0 aliphatic heterocycles. The molecule has 4 nitrogen and oxygen atoms in total. The second-order valence-electron chi connectivity index (χ2n) is 5.69. The molecular formula is C14H23N3O. The molecule has 0 radical (unpaired) electrons. The van der Waals surface area contributed by atoms with Crippen molar-refractivity contribution < 1.29 is 5.11 Å². The van der Waals surface area contributed by atoms with Gasteiger partial charge in [-0.2, -0.15) is 0 Å². The second kappa shape index (κ2) is 5.14. The van der Waals surface area contributed by atoms with Crippen LogP contribution in [0.25, 0.3) is 0 Å². The lowest BCUT2D eigenvalue weighted by Gasteiger charge is -2.35. The fourth-order valence-electron chi connectivity index (χ4n) is 2.39. The number of hydrogen-bond donors (Lipinski definition) is 3. The smallest absolute Gasteiger partial charge is 0.126 e. The zero-order chi connectivity index (χ0) is 13.2. The summed E-state index contributed by atoms with van der Waals surface area (Å²) in [6, 6.07) is 1.92. The molecule has 1 saturated carbocycles. The molecule has 0 bridgehead atoms. The first-order valence-corrected chi connectivity index (χ1v) is 6.67. The van der Waals surface area contributed by atoms with Gasteiger partial charge in [-0.1, -0.05) is 6.92 Å². The van der Waals surface area contributed by atoms with E-state index in [1.165, 1.54) is 0 Å². The minimum atomic E-state index is -0.580. The molecule has 4 N–H and O–H groups in total. The van der Waals surface area contributed by atoms with Crippen molar-refractivity contribution in [3.8, 4) is 0 Å². The van der Waals surface area contributed by atoms with Gasteiger partial charge in [0, 0.05) is 6.54 Å². The molecular weight excluding hydrogens is 226 g/mol. The molecule has 4 heteroatoms. The minimum Gasteiger partial charge on any atom is -0.397 e. The Morgan fingerprint density at radius 2 is 2.17 bits per heavy atom. The highest BCUT2D eigenvalue weighted by Gasteiger charge is 2.31. The normalized spacial score (nSPS) is 28.1. The van der Waals surface area contributed by atoms with Crippen LogP contribution in [0.3, 0.4) is 0 Å². The van der Waals surface area contributed by atoms with Crippen molar-refractivity contribution in [3.63, 3.8) is 0 Å². The van der Waals surface area contributed by atoms with Gasteiger partial charge in [0.25, 0.3) is 0 Å². The number of rotatable bonds is 3. The molecule has 0 atom stereocenters. The number of nitrogens with zero attached hydrogens (tertiary/aromatic N) is 1. The van der Waals surface area contributed by atoms with E-state index in [1.807, 2.05) is 13.0 Å². The van der Waals surface area contributed by atoms with Gasteiger partial charge in [0.2, 0.25) is 0 Å². The van der Waals surface area contributed by atoms with Crippen molar-refractivity contribution in [2.75, 3.05) is 17.6 Å². The lowest BCUT2D eigenvalue weighted by Crippen LogP contribution is -2.40. The number of pyridine rings is 1. The number of hydrogen-bond acceptors (Lipinski definition) is 4. The van der Waals surface area contributed by atoms with Gasteiger partial charge in [0.05, 0.1) is 17.5 Å². The molecule has 1 aliphatic rings. The monoisotopic (exact) mass is 249 g/mol. The Morgan fingerprint density at radius 3 is 2.78 bits per heavy atom. The van der Waals surface area contributed by atoms with Crippen LogP contribution in [0.5, 0.6) is 0 Å². The van der Waals surface area contributed by atoms with Crippen LogP contribution >= 0.6 is 0 Å². The van der Waals surface area contributed by atoms with Crippen LogP contribution in [0.4, 0.5) is 11.5 Å². The minimum absolute atomic E-state index is 0.566. The van der Waals surface area contributed by atoms with Crippen molar-refractivity contribution in [3.05, 3.63) is 17.8 Å². The van der Waals surface area contributed by atoms with Crippen molar-refractivity contribution in [1.29, 1.82) is 0 Å². The largest absolute Gasteiger partial charge is 0.397 e. The van der Waals surface area contributed by atoms with E-state index in [2.05, 4.69) is 17.2 Å². The Morgan fingerprint density at radius 1 is 1.50 bits per heavy atom. The highest BCUT2D eigenvalue weighted by molar-refractivity contribution is 5.50. The Kier molecular flexibility index (Phi) is 3.76. The molecule has 100 valence electrons. The first-order valence-electron chi connectivity index (χ1n) is 6.67. The van der Waals surface area contributed by atoms with Crippen molar-refractivity contribution in [2.24, 2.45) is 5.92 Å². The van der Waals surface area contributed by atoms with Gasteiger partial charge in [0.1, 0.15) is 5.82 Å². The Balaban J connectivity index is 1.92. The Bertz CT molecular complexity index is 412. The van der Waals surface area contributed by atoms with Gasteiger partial charge in [-0.3, -0.25) is 0 Å². The standard InChI is InChI=1S/C14H23N3O/c1-10-3-5-14(18,6-4-10)9-17-13-7-11(2)12(15)8-16-13/h7-8,10,18H,3-6,9,15H2,1-2H3,(H,16,17). The maximum atomic E-state index is 10.5. The predicted molar refractivity (Wildman–Crippen MR) is 74.5 cm³/mol. The molecule has 1 aliphatic carbocycles. The molecule has 0 amide bonds. The third-order valence-electron chi connectivity index (χ3n) is 3.95. The Labute approximate surface area is 109 Å². The molecule has 1 fully saturated rings. The Hall–Kier alpha value is -1.29. The van der Waals surface area contributed by atoms with Crippen LogP contribution in [0.1, 0.15) is 38.2 Å². The fraction of sp³-hybridized carbons (Fsp3) is 0.643. The van der Waals surface area contributed by atoms with E-state index in [9.17, 15) is 5.11 Å². The first-order chi connectivity index (χ1) is 8.48. The van der Waals surface area contributed by atoms with E-state index in [4.69, 9.17) is 5.73 Å². The summed E-state index contributed by atoms with van der Waals surface area (Å²) in [5, 5.41) is 13.7. The summed E-state index contributed by atoms with van der Waals surface area (Å²) in [5.74, 6) is 1.52. The van der Waals surface area contributed by atoms with Crippen LogP contribution in [-0.2, 0) is 0 Å². The van der Waals surface area contributed by atoms with Gasteiger partial charge in [-0.05, 0) is 50.2 Å². The van der Waals surface area contributed by atoms with Gasteiger partial charge in [0.15, 0.2) is 0 Å². The van der Waals surface area contributed by atoms with Gasteiger partial charge < -0.3 is 16.2 Å². The maximum absolute atomic E-state index is 10.5. The van der Waals surface area contributed by atoms with E-state index in [-0.39, 0.29) is 0 Å². The molecule has 0 aromatic carbocycles. The average Bonchev–Trinajstić information content (AvgIpc) is 2.35. The third-order valence-corrected chi connectivity index (χ3v) is 3.95. The molecule has 18 heavy (non-hydrogen) atoms. The quantitative estimate of drug-likeness (QED) is 0.769. The summed E-state index contributed by atoms with van der Waals surface area (Å²) in [7, 11) is 0. The number of aromatic nitrogens is 1. The van der Waals surface area contributed by atoms with E-state index in [0.29, 0.717) is 12.2 Å². The first kappa shape index (κ1) is 13.1. The molecule has 1 aromatic rings. The van der Waals surface area contributed by atoms with E-state index < -0.39 is 5.60 Å². The van der Waals surface area contributed by atoms with Gasteiger partial charge >= 0.3 is 0 Å².